The number of aliphatic hydroxyl groups is 1. The van der Waals surface area contributed by atoms with Crippen LogP contribution in [0, 0.1) is 0 Å². The second-order valence-corrected chi connectivity index (χ2v) is 4.64. The predicted molar refractivity (Wildman–Crippen MR) is 70.9 cm³/mol. The zero-order valence-electron chi connectivity index (χ0n) is 10.3. The van der Waals surface area contributed by atoms with Gasteiger partial charge in [-0.25, -0.2) is 4.98 Å². The number of nitrogens with zero attached hydrogens (tertiary/aromatic N) is 3. The van der Waals surface area contributed by atoms with Crippen molar-refractivity contribution in [3.05, 3.63) is 42.5 Å². The van der Waals surface area contributed by atoms with E-state index >= 15 is 0 Å². The summed E-state index contributed by atoms with van der Waals surface area (Å²) in [6.07, 6.45) is 6.17. The maximum absolute atomic E-state index is 9.00. The van der Waals surface area contributed by atoms with Gasteiger partial charge in [0.25, 0.3) is 0 Å². The first-order chi connectivity index (χ1) is 8.86. The third kappa shape index (κ3) is 2.11. The molecule has 1 saturated heterocycles. The van der Waals surface area contributed by atoms with Crippen molar-refractivity contribution in [2.75, 3.05) is 18.0 Å². The lowest BCUT2D eigenvalue weighted by Gasteiger charge is -2.17. The minimum atomic E-state index is -0.0150. The quantitative estimate of drug-likeness (QED) is 0.896. The molecule has 2 aromatic rings. The monoisotopic (exact) mass is 243 g/mol. The molecule has 0 saturated carbocycles. The molecule has 1 fully saturated rings. The highest BCUT2D eigenvalue weighted by molar-refractivity contribution is 5.51. The Bertz CT molecular complexity index is 512. The SMILES string of the molecule is OCc1cn(-c2ccc(N3CCCC3)cc2)cn1. The van der Waals surface area contributed by atoms with Crippen molar-refractivity contribution in [3.8, 4) is 5.69 Å². The first-order valence-electron chi connectivity index (χ1n) is 6.36. The molecule has 1 aromatic carbocycles. The predicted octanol–water partition coefficient (Wildman–Crippen LogP) is 1.96. The van der Waals surface area contributed by atoms with Gasteiger partial charge in [0.15, 0.2) is 0 Å². The van der Waals surface area contributed by atoms with Gasteiger partial charge in [0, 0.05) is 30.7 Å². The fraction of sp³-hybridized carbons (Fsp3) is 0.357. The van der Waals surface area contributed by atoms with Crippen molar-refractivity contribution in [2.45, 2.75) is 19.4 Å². The van der Waals surface area contributed by atoms with E-state index < -0.39 is 0 Å². The number of benzene rings is 1. The van der Waals surface area contributed by atoms with Gasteiger partial charge in [0.1, 0.15) is 0 Å². The van der Waals surface area contributed by atoms with E-state index in [1.165, 1.54) is 31.6 Å². The van der Waals surface area contributed by atoms with E-state index in [-0.39, 0.29) is 6.61 Å². The summed E-state index contributed by atoms with van der Waals surface area (Å²) in [5, 5.41) is 9.00. The molecule has 0 atom stereocenters. The summed E-state index contributed by atoms with van der Waals surface area (Å²) in [6.45, 7) is 2.32. The third-order valence-electron chi connectivity index (χ3n) is 3.42. The van der Waals surface area contributed by atoms with Gasteiger partial charge in [-0.05, 0) is 37.1 Å². The summed E-state index contributed by atoms with van der Waals surface area (Å²) >= 11 is 0. The summed E-state index contributed by atoms with van der Waals surface area (Å²) in [5.41, 5.74) is 3.06. The van der Waals surface area contributed by atoms with Gasteiger partial charge in [-0.15, -0.1) is 0 Å². The van der Waals surface area contributed by atoms with Crippen LogP contribution in [0.2, 0.25) is 0 Å². The zero-order valence-corrected chi connectivity index (χ0v) is 10.3. The van der Waals surface area contributed by atoms with Gasteiger partial charge in [-0.3, -0.25) is 0 Å². The molecule has 4 nitrogen and oxygen atoms in total. The Balaban J connectivity index is 1.81. The minimum absolute atomic E-state index is 0.0150. The average molecular weight is 243 g/mol. The standard InChI is InChI=1S/C14H17N3O/c18-10-12-9-17(11-15-12)14-5-3-13(4-6-14)16-7-1-2-8-16/h3-6,9,11,18H,1-2,7-8,10H2. The lowest BCUT2D eigenvalue weighted by molar-refractivity contribution is 0.277. The molecule has 1 aliphatic heterocycles. The highest BCUT2D eigenvalue weighted by atomic mass is 16.3. The summed E-state index contributed by atoms with van der Waals surface area (Å²) in [5.74, 6) is 0. The highest BCUT2D eigenvalue weighted by Crippen LogP contribution is 2.21. The molecule has 0 amide bonds. The molecule has 3 rings (SSSR count). The van der Waals surface area contributed by atoms with E-state index in [1.54, 1.807) is 6.33 Å². The number of rotatable bonds is 3. The number of aromatic nitrogens is 2. The first-order valence-corrected chi connectivity index (χ1v) is 6.36. The van der Waals surface area contributed by atoms with Crippen LogP contribution in [0.5, 0.6) is 0 Å². The van der Waals surface area contributed by atoms with Crippen LogP contribution in [-0.2, 0) is 6.61 Å². The highest BCUT2D eigenvalue weighted by Gasteiger charge is 2.11. The van der Waals surface area contributed by atoms with Crippen LogP contribution in [0.15, 0.2) is 36.8 Å². The van der Waals surface area contributed by atoms with Crippen molar-refractivity contribution in [2.24, 2.45) is 0 Å². The third-order valence-corrected chi connectivity index (χ3v) is 3.42. The Morgan fingerprint density at radius 2 is 1.72 bits per heavy atom. The van der Waals surface area contributed by atoms with Gasteiger partial charge in [-0.1, -0.05) is 0 Å². The van der Waals surface area contributed by atoms with Crippen LogP contribution >= 0.6 is 0 Å². The van der Waals surface area contributed by atoms with Crippen molar-refractivity contribution >= 4 is 5.69 Å². The van der Waals surface area contributed by atoms with Crippen LogP contribution in [0.1, 0.15) is 18.5 Å². The molecule has 0 bridgehead atoms. The minimum Gasteiger partial charge on any atom is -0.390 e. The van der Waals surface area contributed by atoms with Crippen LogP contribution in [-0.4, -0.2) is 27.7 Å². The van der Waals surface area contributed by atoms with Crippen molar-refractivity contribution in [3.63, 3.8) is 0 Å². The average Bonchev–Trinajstić information content (AvgIpc) is 3.10. The van der Waals surface area contributed by atoms with Gasteiger partial charge < -0.3 is 14.6 Å². The fourth-order valence-electron chi connectivity index (χ4n) is 2.40. The lowest BCUT2D eigenvalue weighted by atomic mass is 10.2. The fourth-order valence-corrected chi connectivity index (χ4v) is 2.40. The van der Waals surface area contributed by atoms with E-state index in [1.807, 2.05) is 10.8 Å². The molecule has 0 aliphatic carbocycles. The number of hydrogen-bond donors (Lipinski definition) is 1. The second kappa shape index (κ2) is 4.82. The number of imidazole rings is 1. The Kier molecular flexibility index (Phi) is 3.02. The van der Waals surface area contributed by atoms with Gasteiger partial charge in [-0.2, -0.15) is 0 Å². The van der Waals surface area contributed by atoms with E-state index in [4.69, 9.17) is 5.11 Å². The summed E-state index contributed by atoms with van der Waals surface area (Å²) in [4.78, 5) is 6.53. The molecule has 2 heterocycles. The maximum Gasteiger partial charge on any atom is 0.0996 e. The molecule has 0 unspecified atom stereocenters. The van der Waals surface area contributed by atoms with Gasteiger partial charge in [0.2, 0.25) is 0 Å². The van der Waals surface area contributed by atoms with Crippen molar-refractivity contribution in [1.82, 2.24) is 9.55 Å². The largest absolute Gasteiger partial charge is 0.390 e. The zero-order chi connectivity index (χ0) is 12.4. The smallest absolute Gasteiger partial charge is 0.0996 e. The molecule has 1 aromatic heterocycles. The van der Waals surface area contributed by atoms with Crippen molar-refractivity contribution in [1.29, 1.82) is 0 Å². The first kappa shape index (κ1) is 11.3. The van der Waals surface area contributed by atoms with Crippen LogP contribution in [0.4, 0.5) is 5.69 Å². The summed E-state index contributed by atoms with van der Waals surface area (Å²) in [6, 6.07) is 8.49. The molecule has 0 radical (unpaired) electrons. The van der Waals surface area contributed by atoms with E-state index in [0.29, 0.717) is 5.69 Å². The molecule has 1 aliphatic rings. The normalized spacial score (nSPS) is 15.3. The van der Waals surface area contributed by atoms with Gasteiger partial charge in [0.05, 0.1) is 18.6 Å². The van der Waals surface area contributed by atoms with Crippen LogP contribution < -0.4 is 4.90 Å². The Labute approximate surface area is 107 Å². The lowest BCUT2D eigenvalue weighted by Crippen LogP contribution is -2.17. The number of anilines is 1. The second-order valence-electron chi connectivity index (χ2n) is 4.64. The maximum atomic E-state index is 9.00. The van der Waals surface area contributed by atoms with E-state index in [0.717, 1.165) is 5.69 Å². The van der Waals surface area contributed by atoms with Crippen molar-refractivity contribution < 1.29 is 5.11 Å². The summed E-state index contributed by atoms with van der Waals surface area (Å²) < 4.78 is 1.93. The topological polar surface area (TPSA) is 41.3 Å². The van der Waals surface area contributed by atoms with Crippen LogP contribution in [0.3, 0.4) is 0 Å². The molecule has 4 heteroatoms. The molecular weight excluding hydrogens is 226 g/mol. The van der Waals surface area contributed by atoms with Gasteiger partial charge >= 0.3 is 0 Å². The Hall–Kier alpha value is -1.81. The number of aliphatic hydroxyl groups excluding tert-OH is 1. The Morgan fingerprint density at radius 1 is 1.06 bits per heavy atom. The molecule has 0 spiro atoms. The Morgan fingerprint density at radius 3 is 2.33 bits per heavy atom. The van der Waals surface area contributed by atoms with E-state index in [9.17, 15) is 0 Å². The number of hydrogen-bond acceptors (Lipinski definition) is 3. The molecule has 1 N–H and O–H groups in total. The molecule has 18 heavy (non-hydrogen) atoms. The molecule has 94 valence electrons. The summed E-state index contributed by atoms with van der Waals surface area (Å²) in [7, 11) is 0. The van der Waals surface area contributed by atoms with E-state index in [2.05, 4.69) is 34.1 Å². The van der Waals surface area contributed by atoms with Crippen LogP contribution in [0.25, 0.3) is 5.69 Å². The molecular formula is C14H17N3O.